The van der Waals surface area contributed by atoms with Gasteiger partial charge in [-0.15, -0.1) is 0 Å². The topological polar surface area (TPSA) is 85.3 Å². The fraction of sp³-hybridized carbons (Fsp3) is 0.312. The molecule has 7 heteroatoms. The average Bonchev–Trinajstić information content (AvgIpc) is 2.87. The molecule has 3 rings (SSSR count). The van der Waals surface area contributed by atoms with Gasteiger partial charge in [0.15, 0.2) is 5.82 Å². The summed E-state index contributed by atoms with van der Waals surface area (Å²) in [5, 5.41) is 2.93. The summed E-state index contributed by atoms with van der Waals surface area (Å²) >= 11 is 2.18. The van der Waals surface area contributed by atoms with Gasteiger partial charge >= 0.3 is 0 Å². The number of nitrogens with two attached hydrogens (primary N) is 1. The number of anilines is 1. The number of aromatic nitrogens is 3. The van der Waals surface area contributed by atoms with Crippen LogP contribution in [0.3, 0.4) is 0 Å². The fourth-order valence-corrected chi connectivity index (χ4v) is 3.52. The molecule has 0 fully saturated rings. The molecule has 1 amide bonds. The maximum atomic E-state index is 11.5. The molecule has 0 spiro atoms. The van der Waals surface area contributed by atoms with Gasteiger partial charge in [-0.3, -0.25) is 9.20 Å². The van der Waals surface area contributed by atoms with Crippen molar-refractivity contribution < 1.29 is 4.79 Å². The average molecular weight is 421 g/mol. The zero-order valence-corrected chi connectivity index (χ0v) is 14.8. The summed E-state index contributed by atoms with van der Waals surface area (Å²) in [6.45, 7) is 1.66. The van der Waals surface area contributed by atoms with E-state index in [4.69, 9.17) is 5.73 Å². The standard InChI is InChI=1S/C16H16IN5O/c1-2-3-12(23)20-11-6-4-10(5-7-11)16-21-14(17)13-15(18)19-8-9-22(13)16/h4,8-9,11H,5-7H2,1H3,(H2,18,19)(H,20,23). The van der Waals surface area contributed by atoms with Gasteiger partial charge in [0.25, 0.3) is 5.91 Å². The van der Waals surface area contributed by atoms with Gasteiger partial charge in [-0.1, -0.05) is 12.0 Å². The van der Waals surface area contributed by atoms with E-state index in [0.717, 1.165) is 34.3 Å². The van der Waals surface area contributed by atoms with Crippen LogP contribution >= 0.6 is 22.6 Å². The van der Waals surface area contributed by atoms with E-state index in [1.54, 1.807) is 13.1 Å². The van der Waals surface area contributed by atoms with E-state index in [1.807, 2.05) is 10.6 Å². The number of carbonyl (C=O) groups is 1. The lowest BCUT2D eigenvalue weighted by Crippen LogP contribution is -2.34. The van der Waals surface area contributed by atoms with Crippen LogP contribution in [0.15, 0.2) is 18.5 Å². The molecule has 2 aromatic rings. The fourth-order valence-electron chi connectivity index (χ4n) is 2.75. The van der Waals surface area contributed by atoms with Crippen molar-refractivity contribution in [2.45, 2.75) is 32.2 Å². The van der Waals surface area contributed by atoms with E-state index in [-0.39, 0.29) is 11.9 Å². The third kappa shape index (κ3) is 3.17. The molecule has 23 heavy (non-hydrogen) atoms. The quantitative estimate of drug-likeness (QED) is 0.574. The highest BCUT2D eigenvalue weighted by Gasteiger charge is 2.21. The Bertz CT molecular complexity index is 858. The van der Waals surface area contributed by atoms with Crippen molar-refractivity contribution >= 4 is 45.4 Å². The number of halogens is 1. The highest BCUT2D eigenvalue weighted by atomic mass is 127. The molecule has 1 unspecified atom stereocenters. The highest BCUT2D eigenvalue weighted by molar-refractivity contribution is 14.1. The van der Waals surface area contributed by atoms with Crippen LogP contribution in [-0.4, -0.2) is 26.3 Å². The third-order valence-corrected chi connectivity index (χ3v) is 4.56. The second-order valence-corrected chi connectivity index (χ2v) is 6.33. The number of fused-ring (bicyclic) bond motifs is 1. The van der Waals surface area contributed by atoms with Crippen LogP contribution < -0.4 is 11.1 Å². The van der Waals surface area contributed by atoms with Crippen LogP contribution in [0.4, 0.5) is 5.82 Å². The molecule has 2 heterocycles. The van der Waals surface area contributed by atoms with Crippen molar-refractivity contribution in [1.29, 1.82) is 0 Å². The summed E-state index contributed by atoms with van der Waals surface area (Å²) in [5.41, 5.74) is 7.96. The number of nitrogen functional groups attached to an aromatic ring is 1. The number of allylic oxidation sites excluding steroid dienone is 1. The van der Waals surface area contributed by atoms with Crippen LogP contribution in [0, 0.1) is 15.5 Å². The number of nitrogens with one attached hydrogen (secondary N) is 1. The Hall–Kier alpha value is -2.08. The molecule has 0 radical (unpaired) electrons. The van der Waals surface area contributed by atoms with Crippen molar-refractivity contribution in [2.75, 3.05) is 5.73 Å². The van der Waals surface area contributed by atoms with E-state index in [9.17, 15) is 4.79 Å². The number of carbonyl (C=O) groups excluding carboxylic acids is 1. The first kappa shape index (κ1) is 15.8. The highest BCUT2D eigenvalue weighted by Crippen LogP contribution is 2.29. The summed E-state index contributed by atoms with van der Waals surface area (Å²) in [5.74, 6) is 6.29. The van der Waals surface area contributed by atoms with Crippen LogP contribution in [0.25, 0.3) is 11.1 Å². The Labute approximate surface area is 147 Å². The molecule has 2 aromatic heterocycles. The Balaban J connectivity index is 1.84. The maximum Gasteiger partial charge on any atom is 0.296 e. The Morgan fingerprint density at radius 2 is 2.39 bits per heavy atom. The lowest BCUT2D eigenvalue weighted by atomic mass is 9.94. The number of rotatable bonds is 2. The normalized spacial score (nSPS) is 17.3. The minimum Gasteiger partial charge on any atom is -0.382 e. The molecule has 1 aliphatic carbocycles. The largest absolute Gasteiger partial charge is 0.382 e. The van der Waals surface area contributed by atoms with Gasteiger partial charge in [-0.05, 0) is 60.3 Å². The SMILES string of the molecule is CC#CC(=O)NC1CC=C(c2nc(I)c3c(N)nccn23)CC1. The second kappa shape index (κ2) is 6.58. The van der Waals surface area contributed by atoms with E-state index in [0.29, 0.717) is 5.82 Å². The summed E-state index contributed by atoms with van der Waals surface area (Å²) in [7, 11) is 0. The predicted molar refractivity (Wildman–Crippen MR) is 97.3 cm³/mol. The van der Waals surface area contributed by atoms with E-state index in [2.05, 4.69) is 55.8 Å². The number of hydrogen-bond donors (Lipinski definition) is 2. The minimum atomic E-state index is -0.214. The molecule has 0 bridgehead atoms. The molecule has 0 saturated carbocycles. The van der Waals surface area contributed by atoms with Crippen molar-refractivity contribution in [3.8, 4) is 11.8 Å². The van der Waals surface area contributed by atoms with Crippen LogP contribution in [0.5, 0.6) is 0 Å². The molecular formula is C16H16IN5O. The van der Waals surface area contributed by atoms with Gasteiger partial charge in [0, 0.05) is 18.4 Å². The van der Waals surface area contributed by atoms with Crippen molar-refractivity contribution in [1.82, 2.24) is 19.7 Å². The first-order chi connectivity index (χ1) is 11.1. The van der Waals surface area contributed by atoms with Crippen molar-refractivity contribution in [3.63, 3.8) is 0 Å². The van der Waals surface area contributed by atoms with Gasteiger partial charge in [0.1, 0.15) is 15.0 Å². The Morgan fingerprint density at radius 3 is 3.09 bits per heavy atom. The first-order valence-electron chi connectivity index (χ1n) is 7.31. The molecular weight excluding hydrogens is 405 g/mol. The molecule has 1 atom stereocenters. The van der Waals surface area contributed by atoms with E-state index >= 15 is 0 Å². The summed E-state index contributed by atoms with van der Waals surface area (Å²) in [6.07, 6.45) is 8.19. The molecule has 6 nitrogen and oxygen atoms in total. The zero-order valence-electron chi connectivity index (χ0n) is 12.6. The minimum absolute atomic E-state index is 0.129. The summed E-state index contributed by atoms with van der Waals surface area (Å²) < 4.78 is 2.83. The monoisotopic (exact) mass is 421 g/mol. The Kier molecular flexibility index (Phi) is 4.52. The molecule has 1 aliphatic rings. The molecule has 0 aliphatic heterocycles. The number of nitrogens with zero attached hydrogens (tertiary/aromatic N) is 3. The van der Waals surface area contributed by atoms with Crippen molar-refractivity contribution in [2.24, 2.45) is 0 Å². The van der Waals surface area contributed by atoms with E-state index < -0.39 is 0 Å². The van der Waals surface area contributed by atoms with Gasteiger partial charge in [0.2, 0.25) is 0 Å². The first-order valence-corrected chi connectivity index (χ1v) is 8.38. The second-order valence-electron chi connectivity index (χ2n) is 5.31. The zero-order chi connectivity index (χ0) is 16.4. The number of amides is 1. The van der Waals surface area contributed by atoms with Crippen molar-refractivity contribution in [3.05, 3.63) is 28.0 Å². The van der Waals surface area contributed by atoms with E-state index in [1.165, 1.54) is 5.57 Å². The van der Waals surface area contributed by atoms with Gasteiger partial charge in [-0.2, -0.15) is 0 Å². The molecule has 3 N–H and O–H groups in total. The lowest BCUT2D eigenvalue weighted by Gasteiger charge is -2.21. The maximum absolute atomic E-state index is 11.5. The van der Waals surface area contributed by atoms with Gasteiger partial charge in [-0.25, -0.2) is 9.97 Å². The molecule has 0 saturated heterocycles. The predicted octanol–water partition coefficient (Wildman–Crippen LogP) is 1.99. The Morgan fingerprint density at radius 1 is 1.57 bits per heavy atom. The van der Waals surface area contributed by atoms with Crippen LogP contribution in [0.1, 0.15) is 32.0 Å². The van der Waals surface area contributed by atoms with Crippen LogP contribution in [-0.2, 0) is 4.79 Å². The molecule has 118 valence electrons. The number of hydrogen-bond acceptors (Lipinski definition) is 4. The third-order valence-electron chi connectivity index (χ3n) is 3.81. The van der Waals surface area contributed by atoms with Crippen LogP contribution in [0.2, 0.25) is 0 Å². The summed E-state index contributed by atoms with van der Waals surface area (Å²) in [6, 6.07) is 0.129. The number of imidazole rings is 1. The van der Waals surface area contributed by atoms with Gasteiger partial charge in [0.05, 0.1) is 0 Å². The smallest absolute Gasteiger partial charge is 0.296 e. The lowest BCUT2D eigenvalue weighted by molar-refractivity contribution is -0.116. The summed E-state index contributed by atoms with van der Waals surface area (Å²) in [4.78, 5) is 20.3. The van der Waals surface area contributed by atoms with Gasteiger partial charge < -0.3 is 11.1 Å². The molecule has 0 aromatic carbocycles.